The van der Waals surface area contributed by atoms with E-state index in [9.17, 15) is 9.18 Å². The van der Waals surface area contributed by atoms with Crippen molar-refractivity contribution in [2.45, 2.75) is 13.1 Å². The van der Waals surface area contributed by atoms with Gasteiger partial charge in [-0.05, 0) is 5.57 Å². The van der Waals surface area contributed by atoms with Crippen LogP contribution in [0.5, 0.6) is 0 Å². The summed E-state index contributed by atoms with van der Waals surface area (Å²) in [5, 5.41) is 2.61. The predicted octanol–water partition coefficient (Wildman–Crippen LogP) is 0.957. The van der Waals surface area contributed by atoms with E-state index < -0.39 is 6.17 Å². The first kappa shape index (κ1) is 7.53. The zero-order chi connectivity index (χ0) is 8.72. The Balaban J connectivity index is 2.40. The Morgan fingerprint density at radius 3 is 3.17 bits per heavy atom. The van der Waals surface area contributed by atoms with Crippen LogP contribution < -0.4 is 5.32 Å². The SMILES string of the molecule is CC1C=CC2=C(C(=O)NC2)C1F. The molecule has 0 aromatic carbocycles. The fourth-order valence-electron chi connectivity index (χ4n) is 1.59. The highest BCUT2D eigenvalue weighted by molar-refractivity contribution is 5.99. The summed E-state index contributed by atoms with van der Waals surface area (Å²) < 4.78 is 13.4. The number of nitrogens with one attached hydrogen (secondary N) is 1. The van der Waals surface area contributed by atoms with E-state index in [2.05, 4.69) is 5.32 Å². The van der Waals surface area contributed by atoms with Crippen LogP contribution in [0.25, 0.3) is 0 Å². The molecule has 2 nitrogen and oxygen atoms in total. The van der Waals surface area contributed by atoms with E-state index in [1.54, 1.807) is 6.92 Å². The molecule has 3 heteroatoms. The number of alkyl halides is 1. The Morgan fingerprint density at radius 2 is 2.42 bits per heavy atom. The molecule has 1 amide bonds. The van der Waals surface area contributed by atoms with E-state index in [1.807, 2.05) is 12.2 Å². The molecule has 0 radical (unpaired) electrons. The molecule has 2 atom stereocenters. The van der Waals surface area contributed by atoms with Crippen LogP contribution in [-0.2, 0) is 4.79 Å². The van der Waals surface area contributed by atoms with E-state index in [1.165, 1.54) is 0 Å². The first-order valence-electron chi connectivity index (χ1n) is 4.03. The maximum absolute atomic E-state index is 13.4. The van der Waals surface area contributed by atoms with Crippen LogP contribution in [0.2, 0.25) is 0 Å². The Bertz CT molecular complexity index is 293. The molecule has 0 aromatic rings. The highest BCUT2D eigenvalue weighted by atomic mass is 19.1. The normalized spacial score (nSPS) is 33.7. The van der Waals surface area contributed by atoms with Crippen molar-refractivity contribution in [1.29, 1.82) is 0 Å². The molecule has 64 valence electrons. The maximum Gasteiger partial charge on any atom is 0.250 e. The van der Waals surface area contributed by atoms with E-state index in [0.29, 0.717) is 12.1 Å². The summed E-state index contributed by atoms with van der Waals surface area (Å²) in [6.45, 7) is 2.26. The Morgan fingerprint density at radius 1 is 1.67 bits per heavy atom. The molecule has 1 heterocycles. The molecule has 1 N–H and O–H groups in total. The minimum absolute atomic E-state index is 0.174. The first-order chi connectivity index (χ1) is 5.70. The molecular formula is C9H10FNO. The van der Waals surface area contributed by atoms with Crippen LogP contribution in [0.1, 0.15) is 6.92 Å². The molecule has 0 fully saturated rings. The summed E-state index contributed by atoms with van der Waals surface area (Å²) in [4.78, 5) is 11.1. The highest BCUT2D eigenvalue weighted by Gasteiger charge is 2.33. The van der Waals surface area contributed by atoms with Gasteiger partial charge in [0.25, 0.3) is 5.91 Å². The first-order valence-corrected chi connectivity index (χ1v) is 4.03. The summed E-state index contributed by atoms with van der Waals surface area (Å²) in [6, 6.07) is 0. The van der Waals surface area contributed by atoms with Gasteiger partial charge >= 0.3 is 0 Å². The lowest BCUT2D eigenvalue weighted by molar-refractivity contribution is -0.117. The number of hydrogen-bond acceptors (Lipinski definition) is 1. The number of carbonyl (C=O) groups excluding carboxylic acids is 1. The number of amides is 1. The number of allylic oxidation sites excluding steroid dienone is 1. The second-order valence-electron chi connectivity index (χ2n) is 3.24. The number of halogens is 1. The lowest BCUT2D eigenvalue weighted by Crippen LogP contribution is -2.25. The van der Waals surface area contributed by atoms with Gasteiger partial charge in [-0.15, -0.1) is 0 Å². The summed E-state index contributed by atoms with van der Waals surface area (Å²) in [5.74, 6) is -0.415. The fraction of sp³-hybridized carbons (Fsp3) is 0.444. The Kier molecular flexibility index (Phi) is 1.53. The molecule has 0 saturated heterocycles. The predicted molar refractivity (Wildman–Crippen MR) is 43.2 cm³/mol. The third kappa shape index (κ3) is 0.891. The zero-order valence-corrected chi connectivity index (χ0v) is 6.80. The molecule has 0 saturated carbocycles. The smallest absolute Gasteiger partial charge is 0.250 e. The lowest BCUT2D eigenvalue weighted by atomic mass is 9.90. The monoisotopic (exact) mass is 167 g/mol. The van der Waals surface area contributed by atoms with Crippen molar-refractivity contribution in [3.63, 3.8) is 0 Å². The molecule has 1 aliphatic heterocycles. The minimum Gasteiger partial charge on any atom is -0.348 e. The average Bonchev–Trinajstić information content (AvgIpc) is 2.41. The van der Waals surface area contributed by atoms with Crippen molar-refractivity contribution in [2.75, 3.05) is 6.54 Å². The van der Waals surface area contributed by atoms with Gasteiger partial charge in [-0.1, -0.05) is 19.1 Å². The largest absolute Gasteiger partial charge is 0.348 e. The van der Waals surface area contributed by atoms with Gasteiger partial charge in [0.2, 0.25) is 0 Å². The van der Waals surface area contributed by atoms with Gasteiger partial charge in [0, 0.05) is 12.5 Å². The van der Waals surface area contributed by atoms with Crippen LogP contribution in [-0.4, -0.2) is 18.6 Å². The van der Waals surface area contributed by atoms with Crippen LogP contribution in [0.3, 0.4) is 0 Å². The van der Waals surface area contributed by atoms with Crippen molar-refractivity contribution < 1.29 is 9.18 Å². The van der Waals surface area contributed by atoms with Crippen LogP contribution in [0, 0.1) is 5.92 Å². The Hall–Kier alpha value is -1.12. The van der Waals surface area contributed by atoms with Crippen LogP contribution in [0.4, 0.5) is 4.39 Å². The van der Waals surface area contributed by atoms with Gasteiger partial charge < -0.3 is 5.32 Å². The summed E-state index contributed by atoms with van der Waals surface area (Å²) in [5.41, 5.74) is 1.15. The van der Waals surface area contributed by atoms with E-state index in [-0.39, 0.29) is 11.8 Å². The number of rotatable bonds is 0. The minimum atomic E-state index is -1.12. The quantitative estimate of drug-likeness (QED) is 0.572. The molecule has 1 aliphatic carbocycles. The summed E-state index contributed by atoms with van der Waals surface area (Å²) >= 11 is 0. The van der Waals surface area contributed by atoms with Crippen molar-refractivity contribution in [1.82, 2.24) is 5.32 Å². The molecule has 2 aliphatic rings. The molecular weight excluding hydrogens is 157 g/mol. The third-order valence-electron chi connectivity index (χ3n) is 2.37. The number of carbonyl (C=O) groups is 1. The van der Waals surface area contributed by atoms with Crippen molar-refractivity contribution in [3.05, 3.63) is 23.3 Å². The molecule has 2 rings (SSSR count). The zero-order valence-electron chi connectivity index (χ0n) is 6.80. The molecule has 2 unspecified atom stereocenters. The fourth-order valence-corrected chi connectivity index (χ4v) is 1.59. The second-order valence-corrected chi connectivity index (χ2v) is 3.24. The Labute approximate surface area is 70.1 Å². The highest BCUT2D eigenvalue weighted by Crippen LogP contribution is 2.29. The maximum atomic E-state index is 13.4. The van der Waals surface area contributed by atoms with Crippen LogP contribution >= 0.6 is 0 Å². The summed E-state index contributed by atoms with van der Waals surface area (Å²) in [6.07, 6.45) is 2.53. The number of hydrogen-bond donors (Lipinski definition) is 1. The standard InChI is InChI=1S/C9H10FNO/c1-5-2-3-6-4-11-9(12)7(6)8(5)10/h2-3,5,8H,4H2,1H3,(H,11,12). The topological polar surface area (TPSA) is 29.1 Å². The van der Waals surface area contributed by atoms with Crippen LogP contribution in [0.15, 0.2) is 23.3 Å². The van der Waals surface area contributed by atoms with E-state index >= 15 is 0 Å². The second kappa shape index (κ2) is 2.44. The van der Waals surface area contributed by atoms with Gasteiger partial charge in [0.05, 0.1) is 5.57 Å². The summed E-state index contributed by atoms with van der Waals surface area (Å²) in [7, 11) is 0. The van der Waals surface area contributed by atoms with Gasteiger partial charge in [0.1, 0.15) is 6.17 Å². The third-order valence-corrected chi connectivity index (χ3v) is 2.37. The van der Waals surface area contributed by atoms with Crippen molar-refractivity contribution in [2.24, 2.45) is 5.92 Å². The molecule has 0 spiro atoms. The van der Waals surface area contributed by atoms with Gasteiger partial charge in [-0.25, -0.2) is 4.39 Å². The van der Waals surface area contributed by atoms with E-state index in [0.717, 1.165) is 5.57 Å². The molecule has 12 heavy (non-hydrogen) atoms. The van der Waals surface area contributed by atoms with Crippen molar-refractivity contribution >= 4 is 5.91 Å². The van der Waals surface area contributed by atoms with Gasteiger partial charge in [0.15, 0.2) is 0 Å². The molecule has 0 aromatic heterocycles. The average molecular weight is 167 g/mol. The van der Waals surface area contributed by atoms with Gasteiger partial charge in [-0.3, -0.25) is 4.79 Å². The lowest BCUT2D eigenvalue weighted by Gasteiger charge is -2.17. The van der Waals surface area contributed by atoms with E-state index in [4.69, 9.17) is 0 Å². The van der Waals surface area contributed by atoms with Crippen molar-refractivity contribution in [3.8, 4) is 0 Å². The van der Waals surface area contributed by atoms with Gasteiger partial charge in [-0.2, -0.15) is 0 Å². The molecule has 0 bridgehead atoms.